The lowest BCUT2D eigenvalue weighted by atomic mass is 9.83. The summed E-state index contributed by atoms with van der Waals surface area (Å²) in [6, 6.07) is 13.7. The first-order valence-corrected chi connectivity index (χ1v) is 13.7. The molecule has 3 atom stereocenters. The van der Waals surface area contributed by atoms with E-state index in [0.29, 0.717) is 35.7 Å². The van der Waals surface area contributed by atoms with Crippen molar-refractivity contribution in [2.75, 3.05) is 30.9 Å². The molecule has 5 N–H and O–H groups in total. The van der Waals surface area contributed by atoms with Gasteiger partial charge in [0.25, 0.3) is 5.91 Å². The molecule has 240 valence electrons. The molecule has 3 amide bonds. The summed E-state index contributed by atoms with van der Waals surface area (Å²) in [5.74, 6) is -6.67. The maximum absolute atomic E-state index is 13.5. The molecule has 44 heavy (non-hydrogen) atoms. The molecule has 0 saturated heterocycles. The van der Waals surface area contributed by atoms with Crippen molar-refractivity contribution in [3.63, 3.8) is 0 Å². The van der Waals surface area contributed by atoms with Gasteiger partial charge in [0.2, 0.25) is 18.0 Å². The first-order valence-electron chi connectivity index (χ1n) is 13.7. The molecule has 1 heterocycles. The summed E-state index contributed by atoms with van der Waals surface area (Å²) in [7, 11) is 1.52. The topological polar surface area (TPSA) is 135 Å². The minimum absolute atomic E-state index is 0.267. The molecule has 1 aliphatic heterocycles. The van der Waals surface area contributed by atoms with Crippen molar-refractivity contribution in [1.82, 2.24) is 5.32 Å². The van der Waals surface area contributed by atoms with Crippen molar-refractivity contribution in [2.24, 2.45) is 22.6 Å². The maximum atomic E-state index is 13.5. The number of anilines is 2. The van der Waals surface area contributed by atoms with Gasteiger partial charge in [-0.15, -0.1) is 0 Å². The number of primary amides is 1. The fourth-order valence-electron chi connectivity index (χ4n) is 4.83. The van der Waals surface area contributed by atoms with Crippen molar-refractivity contribution < 1.29 is 45.5 Å². The Morgan fingerprint density at radius 2 is 1.66 bits per heavy atom. The number of fused-ring (bicyclic) bond motifs is 1. The van der Waals surface area contributed by atoms with E-state index in [2.05, 4.69) is 20.9 Å². The van der Waals surface area contributed by atoms with E-state index in [1.54, 1.807) is 48.5 Å². The van der Waals surface area contributed by atoms with Gasteiger partial charge in [0, 0.05) is 49.5 Å². The van der Waals surface area contributed by atoms with Crippen LogP contribution in [0.2, 0.25) is 0 Å². The first-order chi connectivity index (χ1) is 20.7. The fraction of sp³-hybridized carbons (Fsp3) is 0.448. The highest BCUT2D eigenvalue weighted by atomic mass is 19.4. The Hall–Kier alpha value is -4.14. The molecule has 2 aromatic carbocycles. The third-order valence-corrected chi connectivity index (χ3v) is 6.92. The van der Waals surface area contributed by atoms with Crippen LogP contribution in [0.1, 0.15) is 43.2 Å². The van der Waals surface area contributed by atoms with Crippen LogP contribution in [-0.4, -0.2) is 62.2 Å². The van der Waals surface area contributed by atoms with Crippen LogP contribution in [0.3, 0.4) is 0 Å². The van der Waals surface area contributed by atoms with Crippen LogP contribution in [-0.2, 0) is 19.1 Å². The number of hydrogen-bond donors (Lipinski definition) is 4. The minimum atomic E-state index is -4.74. The highest BCUT2D eigenvalue weighted by Gasteiger charge is 2.39. The van der Waals surface area contributed by atoms with Gasteiger partial charge in [-0.3, -0.25) is 14.4 Å². The molecular formula is C29H33F6N5O4. The Morgan fingerprint density at radius 3 is 2.27 bits per heavy atom. The lowest BCUT2D eigenvalue weighted by molar-refractivity contribution is -0.147. The number of nitrogens with one attached hydrogen (secondary N) is 3. The molecule has 0 aliphatic carbocycles. The number of methoxy groups -OCH3 is 1. The predicted molar refractivity (Wildman–Crippen MR) is 151 cm³/mol. The van der Waals surface area contributed by atoms with Crippen LogP contribution in [0.4, 0.5) is 37.7 Å². The molecule has 2 aromatic rings. The molecule has 0 fully saturated rings. The molecule has 3 rings (SSSR count). The molecule has 0 saturated carbocycles. The number of rotatable bonds is 14. The van der Waals surface area contributed by atoms with Crippen LogP contribution in [0.25, 0.3) is 0 Å². The predicted octanol–water partition coefficient (Wildman–Crippen LogP) is 4.77. The summed E-state index contributed by atoms with van der Waals surface area (Å²) >= 11 is 0. The molecule has 0 radical (unpaired) electrons. The number of ether oxygens (including phenoxy) is 1. The highest BCUT2D eigenvalue weighted by molar-refractivity contribution is 6.21. The zero-order valence-corrected chi connectivity index (χ0v) is 23.7. The number of benzene rings is 2. The number of hydrogen-bond acceptors (Lipinski definition) is 6. The molecule has 0 unspecified atom stereocenters. The van der Waals surface area contributed by atoms with Gasteiger partial charge in [-0.1, -0.05) is 42.5 Å². The lowest BCUT2D eigenvalue weighted by Crippen LogP contribution is -2.48. The molecule has 0 aromatic heterocycles. The van der Waals surface area contributed by atoms with Crippen LogP contribution in [0, 0.1) is 11.8 Å². The van der Waals surface area contributed by atoms with E-state index in [0.717, 1.165) is 0 Å². The van der Waals surface area contributed by atoms with E-state index in [1.807, 2.05) is 0 Å². The van der Waals surface area contributed by atoms with Gasteiger partial charge in [0.05, 0.1) is 23.7 Å². The average Bonchev–Trinajstić information content (AvgIpc) is 3.08. The molecule has 0 spiro atoms. The van der Waals surface area contributed by atoms with E-state index in [9.17, 15) is 40.7 Å². The Labute approximate surface area is 249 Å². The van der Waals surface area contributed by atoms with Crippen molar-refractivity contribution in [2.45, 2.75) is 50.6 Å². The quantitative estimate of drug-likeness (QED) is 0.177. The normalized spacial score (nSPS) is 16.6. The van der Waals surface area contributed by atoms with Gasteiger partial charge in [0.15, 0.2) is 0 Å². The van der Waals surface area contributed by atoms with E-state index in [1.165, 1.54) is 7.11 Å². The second kappa shape index (κ2) is 15.0. The van der Waals surface area contributed by atoms with Crippen LogP contribution in [0.15, 0.2) is 53.5 Å². The summed E-state index contributed by atoms with van der Waals surface area (Å²) in [6.07, 6.45) is -16.0. The smallest absolute Gasteiger partial charge is 0.383 e. The summed E-state index contributed by atoms with van der Waals surface area (Å²) in [4.78, 5) is 43.6. The second-order valence-electron chi connectivity index (χ2n) is 10.2. The highest BCUT2D eigenvalue weighted by Crippen LogP contribution is 2.33. The largest absolute Gasteiger partial charge is 0.389 e. The monoisotopic (exact) mass is 629 g/mol. The van der Waals surface area contributed by atoms with Crippen molar-refractivity contribution in [1.29, 1.82) is 0 Å². The number of alkyl halides is 6. The number of para-hydroxylation sites is 1. The Bertz CT molecular complexity index is 1330. The third-order valence-electron chi connectivity index (χ3n) is 6.92. The summed E-state index contributed by atoms with van der Waals surface area (Å²) in [5.41, 5.74) is 7.48. The van der Waals surface area contributed by atoms with Crippen LogP contribution >= 0.6 is 0 Å². The summed E-state index contributed by atoms with van der Waals surface area (Å²) in [5, 5.41) is 8.16. The standard InChI is InChI=1S/C29H33F6N5O4/c1-44-16-15-37-21-11-5-9-20-22(17-7-3-2-4-8-17)38-25(27(43)39-23(20)21)40-26(42)19(12-14-29(33,34)35)18(24(36)41)10-6-13-28(30,31)32/h2-5,7-9,11,18-19,25,37H,6,10,12-16H2,1H3,(H2,36,41)(H,39,43)(H,40,42)/t18-,19+,25+/m0/s1. The number of carbonyl (C=O) groups excluding carboxylic acids is 3. The number of nitrogens with zero attached hydrogens (tertiary/aromatic N) is 1. The molecule has 1 aliphatic rings. The SMILES string of the molecule is COCCNc1cccc2c1NC(=O)[C@@H](NC(=O)[C@H](CCC(F)(F)F)[C@H](CCCC(F)(F)F)C(N)=O)N=C2c1ccccc1. The maximum Gasteiger partial charge on any atom is 0.389 e. The zero-order chi connectivity index (χ0) is 32.5. The molecule has 9 nitrogen and oxygen atoms in total. The number of nitrogens with two attached hydrogens (primary N) is 1. The molecular weight excluding hydrogens is 596 g/mol. The number of carbonyl (C=O) groups is 3. The van der Waals surface area contributed by atoms with E-state index < -0.39 is 80.2 Å². The van der Waals surface area contributed by atoms with E-state index >= 15 is 0 Å². The third kappa shape index (κ3) is 9.96. The Balaban J connectivity index is 1.98. The average molecular weight is 630 g/mol. The van der Waals surface area contributed by atoms with Crippen LogP contribution < -0.4 is 21.7 Å². The van der Waals surface area contributed by atoms with Crippen molar-refractivity contribution in [3.05, 3.63) is 59.7 Å². The van der Waals surface area contributed by atoms with Gasteiger partial charge < -0.3 is 26.4 Å². The molecule has 0 bridgehead atoms. The van der Waals surface area contributed by atoms with Gasteiger partial charge >= 0.3 is 12.4 Å². The van der Waals surface area contributed by atoms with Crippen molar-refractivity contribution in [3.8, 4) is 0 Å². The number of halogens is 6. The van der Waals surface area contributed by atoms with Crippen LogP contribution in [0.5, 0.6) is 0 Å². The summed E-state index contributed by atoms with van der Waals surface area (Å²) in [6.45, 7) is 0.726. The van der Waals surface area contributed by atoms with Crippen molar-refractivity contribution >= 4 is 34.8 Å². The fourth-order valence-corrected chi connectivity index (χ4v) is 4.83. The first kappa shape index (κ1) is 34.4. The van der Waals surface area contributed by atoms with Gasteiger partial charge in [0.1, 0.15) is 0 Å². The second-order valence-corrected chi connectivity index (χ2v) is 10.2. The summed E-state index contributed by atoms with van der Waals surface area (Å²) < 4.78 is 82.8. The lowest BCUT2D eigenvalue weighted by Gasteiger charge is -2.26. The number of aliphatic imine (C=N–C) groups is 1. The van der Waals surface area contributed by atoms with E-state index in [-0.39, 0.29) is 5.71 Å². The number of amides is 3. The Morgan fingerprint density at radius 1 is 0.977 bits per heavy atom. The Kier molecular flexibility index (Phi) is 11.7. The van der Waals surface area contributed by atoms with Gasteiger partial charge in [-0.25, -0.2) is 4.99 Å². The minimum Gasteiger partial charge on any atom is -0.383 e. The van der Waals surface area contributed by atoms with E-state index in [4.69, 9.17) is 10.5 Å². The molecule has 15 heteroatoms. The zero-order valence-electron chi connectivity index (χ0n) is 23.7. The van der Waals surface area contributed by atoms with Gasteiger partial charge in [-0.2, -0.15) is 26.3 Å². The number of benzodiazepines with no additional fused rings is 1. The van der Waals surface area contributed by atoms with Gasteiger partial charge in [-0.05, 0) is 25.3 Å².